The monoisotopic (exact) mass is 388 g/mol. The second-order valence-electron chi connectivity index (χ2n) is 3.82. The molecule has 0 fully saturated rings. The Balaban J connectivity index is 2.41. The maximum atomic E-state index is 13.5. The van der Waals surface area contributed by atoms with Crippen LogP contribution in [0.5, 0.6) is 5.75 Å². The number of methoxy groups -OCH3 is 1. The third-order valence-corrected chi connectivity index (χ3v) is 3.62. The summed E-state index contributed by atoms with van der Waals surface area (Å²) >= 11 is 6.47. The molecule has 0 aliphatic heterocycles. The van der Waals surface area contributed by atoms with E-state index in [-0.39, 0.29) is 5.82 Å². The van der Waals surface area contributed by atoms with Gasteiger partial charge in [-0.05, 0) is 40.2 Å². The Morgan fingerprint density at radius 3 is 2.58 bits per heavy atom. The molecule has 0 radical (unpaired) electrons. The van der Waals surface area contributed by atoms with E-state index in [4.69, 9.17) is 10.5 Å². The van der Waals surface area contributed by atoms with Crippen molar-refractivity contribution in [1.82, 2.24) is 0 Å². The second-order valence-corrected chi connectivity index (χ2v) is 5.59. The molecule has 0 heterocycles. The van der Waals surface area contributed by atoms with Gasteiger partial charge in [0.15, 0.2) is 0 Å². The molecule has 3 nitrogen and oxygen atoms in total. The molecule has 100 valence electrons. The number of nitrogens with one attached hydrogen (secondary N) is 1. The standard InChI is InChI=1S/C13H11Br2FN2O/c1-19-13-3-2-7(14)4-12(13)18-11-6-9(16)8(15)5-10(11)17/h2-6,18H,17H2,1H3. The zero-order valence-corrected chi connectivity index (χ0v) is 13.2. The predicted octanol–water partition coefficient (Wildman–Crippen LogP) is 4.69. The van der Waals surface area contributed by atoms with Crippen molar-refractivity contribution in [1.29, 1.82) is 0 Å². The lowest BCUT2D eigenvalue weighted by atomic mass is 10.2. The van der Waals surface area contributed by atoms with E-state index in [2.05, 4.69) is 37.2 Å². The molecule has 6 heteroatoms. The number of nitrogens with two attached hydrogens (primary N) is 1. The van der Waals surface area contributed by atoms with E-state index in [0.29, 0.717) is 27.3 Å². The molecule has 19 heavy (non-hydrogen) atoms. The van der Waals surface area contributed by atoms with Gasteiger partial charge in [0.05, 0.1) is 28.6 Å². The normalized spacial score (nSPS) is 10.3. The van der Waals surface area contributed by atoms with Gasteiger partial charge in [-0.2, -0.15) is 0 Å². The van der Waals surface area contributed by atoms with Gasteiger partial charge in [-0.3, -0.25) is 0 Å². The summed E-state index contributed by atoms with van der Waals surface area (Å²) in [6.07, 6.45) is 0. The molecule has 2 rings (SSSR count). The van der Waals surface area contributed by atoms with Crippen LogP contribution in [0.25, 0.3) is 0 Å². The van der Waals surface area contributed by atoms with Crippen LogP contribution in [-0.4, -0.2) is 7.11 Å². The number of anilines is 3. The van der Waals surface area contributed by atoms with Gasteiger partial charge in [0.25, 0.3) is 0 Å². The SMILES string of the molecule is COc1ccc(Br)cc1Nc1cc(F)c(Br)cc1N. The molecule has 0 aliphatic carbocycles. The summed E-state index contributed by atoms with van der Waals surface area (Å²) in [5.74, 6) is 0.261. The first-order valence-corrected chi connectivity index (χ1v) is 6.95. The van der Waals surface area contributed by atoms with Gasteiger partial charge in [0.1, 0.15) is 11.6 Å². The van der Waals surface area contributed by atoms with Gasteiger partial charge in [0, 0.05) is 10.5 Å². The highest BCUT2D eigenvalue weighted by atomic mass is 79.9. The van der Waals surface area contributed by atoms with Gasteiger partial charge < -0.3 is 15.8 Å². The fourth-order valence-corrected chi connectivity index (χ4v) is 2.32. The van der Waals surface area contributed by atoms with E-state index in [1.165, 1.54) is 12.1 Å². The van der Waals surface area contributed by atoms with Crippen LogP contribution < -0.4 is 15.8 Å². The zero-order valence-electron chi connectivity index (χ0n) is 10.0. The summed E-state index contributed by atoms with van der Waals surface area (Å²) in [6.45, 7) is 0. The molecule has 0 amide bonds. The smallest absolute Gasteiger partial charge is 0.142 e. The van der Waals surface area contributed by atoms with Gasteiger partial charge >= 0.3 is 0 Å². The average molecular weight is 390 g/mol. The fourth-order valence-electron chi connectivity index (χ4n) is 1.59. The largest absolute Gasteiger partial charge is 0.495 e. The summed E-state index contributed by atoms with van der Waals surface area (Å²) < 4.78 is 20.0. The predicted molar refractivity (Wildman–Crippen MR) is 82.5 cm³/mol. The summed E-state index contributed by atoms with van der Waals surface area (Å²) in [6, 6.07) is 8.34. The average Bonchev–Trinajstić information content (AvgIpc) is 2.36. The van der Waals surface area contributed by atoms with Crippen molar-refractivity contribution < 1.29 is 9.13 Å². The Labute approximate surface area is 127 Å². The van der Waals surface area contributed by atoms with Crippen LogP contribution in [0.4, 0.5) is 21.5 Å². The lowest BCUT2D eigenvalue weighted by Gasteiger charge is -2.14. The molecular weight excluding hydrogens is 379 g/mol. The molecule has 0 unspecified atom stereocenters. The Morgan fingerprint density at radius 1 is 1.16 bits per heavy atom. The maximum Gasteiger partial charge on any atom is 0.142 e. The Kier molecular flexibility index (Phi) is 4.31. The number of hydrogen-bond acceptors (Lipinski definition) is 3. The van der Waals surface area contributed by atoms with Crippen LogP contribution in [-0.2, 0) is 0 Å². The van der Waals surface area contributed by atoms with Crippen molar-refractivity contribution in [2.75, 3.05) is 18.2 Å². The minimum atomic E-state index is -0.384. The summed E-state index contributed by atoms with van der Waals surface area (Å²) in [5, 5.41) is 3.06. The highest BCUT2D eigenvalue weighted by Crippen LogP contribution is 2.34. The molecule has 2 aromatic carbocycles. The molecule has 0 aliphatic rings. The molecule has 0 bridgehead atoms. The Bertz CT molecular complexity index is 620. The van der Waals surface area contributed by atoms with Crippen molar-refractivity contribution in [2.24, 2.45) is 0 Å². The van der Waals surface area contributed by atoms with Crippen molar-refractivity contribution >= 4 is 48.9 Å². The van der Waals surface area contributed by atoms with E-state index in [1.54, 1.807) is 13.2 Å². The Morgan fingerprint density at radius 2 is 1.89 bits per heavy atom. The molecule has 0 aromatic heterocycles. The lowest BCUT2D eigenvalue weighted by Crippen LogP contribution is -1.99. The third-order valence-electron chi connectivity index (χ3n) is 2.52. The highest BCUT2D eigenvalue weighted by molar-refractivity contribution is 9.10. The summed E-state index contributed by atoms with van der Waals surface area (Å²) in [5.41, 5.74) is 7.48. The van der Waals surface area contributed by atoms with Crippen LogP contribution in [0.2, 0.25) is 0 Å². The Hall–Kier alpha value is -1.27. The maximum absolute atomic E-state index is 13.5. The third kappa shape index (κ3) is 3.19. The quantitative estimate of drug-likeness (QED) is 0.749. The number of hydrogen-bond donors (Lipinski definition) is 2. The van der Waals surface area contributed by atoms with Crippen LogP contribution in [0.3, 0.4) is 0 Å². The fraction of sp³-hybridized carbons (Fsp3) is 0.0769. The lowest BCUT2D eigenvalue weighted by molar-refractivity contribution is 0.417. The minimum Gasteiger partial charge on any atom is -0.495 e. The number of rotatable bonds is 3. The number of benzene rings is 2. The van der Waals surface area contributed by atoms with E-state index < -0.39 is 0 Å². The number of nitrogen functional groups attached to an aromatic ring is 1. The van der Waals surface area contributed by atoms with E-state index >= 15 is 0 Å². The van der Waals surface area contributed by atoms with Gasteiger partial charge in [-0.15, -0.1) is 0 Å². The van der Waals surface area contributed by atoms with Crippen LogP contribution >= 0.6 is 31.9 Å². The number of ether oxygens (including phenoxy) is 1. The molecule has 0 spiro atoms. The topological polar surface area (TPSA) is 47.3 Å². The minimum absolute atomic E-state index is 0.330. The van der Waals surface area contributed by atoms with E-state index in [1.807, 2.05) is 12.1 Å². The van der Waals surface area contributed by atoms with Crippen LogP contribution in [0.15, 0.2) is 39.3 Å². The highest BCUT2D eigenvalue weighted by Gasteiger charge is 2.09. The number of halogens is 3. The van der Waals surface area contributed by atoms with E-state index in [9.17, 15) is 4.39 Å². The molecule has 0 atom stereocenters. The first kappa shape index (κ1) is 14.1. The van der Waals surface area contributed by atoms with Crippen molar-refractivity contribution in [3.63, 3.8) is 0 Å². The second kappa shape index (κ2) is 5.79. The molecule has 0 saturated carbocycles. The van der Waals surface area contributed by atoms with Crippen molar-refractivity contribution in [3.8, 4) is 5.75 Å². The summed E-state index contributed by atoms with van der Waals surface area (Å²) in [7, 11) is 1.57. The molecule has 3 N–H and O–H groups in total. The zero-order chi connectivity index (χ0) is 14.0. The first-order chi connectivity index (χ1) is 9.01. The van der Waals surface area contributed by atoms with Gasteiger partial charge in [-0.25, -0.2) is 4.39 Å². The van der Waals surface area contributed by atoms with E-state index in [0.717, 1.165) is 4.47 Å². The van der Waals surface area contributed by atoms with Gasteiger partial charge in [-0.1, -0.05) is 15.9 Å². The molecule has 2 aromatic rings. The summed E-state index contributed by atoms with van der Waals surface area (Å²) in [4.78, 5) is 0. The van der Waals surface area contributed by atoms with Crippen LogP contribution in [0.1, 0.15) is 0 Å². The van der Waals surface area contributed by atoms with Crippen molar-refractivity contribution in [2.45, 2.75) is 0 Å². The van der Waals surface area contributed by atoms with Crippen molar-refractivity contribution in [3.05, 3.63) is 45.1 Å². The van der Waals surface area contributed by atoms with Crippen LogP contribution in [0, 0.1) is 5.82 Å². The van der Waals surface area contributed by atoms with Gasteiger partial charge in [0.2, 0.25) is 0 Å². The first-order valence-electron chi connectivity index (χ1n) is 5.36. The molecule has 0 saturated heterocycles. The molecular formula is C13H11Br2FN2O.